The summed E-state index contributed by atoms with van der Waals surface area (Å²) in [6.45, 7) is 19.3. The fraction of sp³-hybridized carbons (Fsp3) is 1.00. The van der Waals surface area contributed by atoms with E-state index in [0.717, 1.165) is 11.8 Å². The lowest BCUT2D eigenvalue weighted by Gasteiger charge is -2.14. The lowest BCUT2D eigenvalue weighted by molar-refractivity contribution is 0.379. The van der Waals surface area contributed by atoms with Crippen LogP contribution >= 0.6 is 0 Å². The van der Waals surface area contributed by atoms with Gasteiger partial charge in [0.15, 0.2) is 0 Å². The zero-order valence-corrected chi connectivity index (χ0v) is 14.1. The minimum Gasteiger partial charge on any atom is -0.306 e. The Morgan fingerprint density at radius 3 is 1.59 bits per heavy atom. The largest absolute Gasteiger partial charge is 0.306 e. The summed E-state index contributed by atoms with van der Waals surface area (Å²) < 4.78 is 0. The van der Waals surface area contributed by atoms with Gasteiger partial charge in [0.05, 0.1) is 0 Å². The summed E-state index contributed by atoms with van der Waals surface area (Å²) in [7, 11) is 2.25. The van der Waals surface area contributed by atoms with Gasteiger partial charge in [-0.1, -0.05) is 68.2 Å². The van der Waals surface area contributed by atoms with Crippen molar-refractivity contribution in [2.24, 2.45) is 11.8 Å². The van der Waals surface area contributed by atoms with Crippen molar-refractivity contribution in [3.63, 3.8) is 0 Å². The van der Waals surface area contributed by atoms with Gasteiger partial charge in [-0.2, -0.15) is 0 Å². The summed E-state index contributed by atoms with van der Waals surface area (Å²) in [5.41, 5.74) is 0. The van der Waals surface area contributed by atoms with Crippen molar-refractivity contribution in [3.8, 4) is 0 Å². The van der Waals surface area contributed by atoms with E-state index in [1.165, 1.54) is 32.4 Å². The summed E-state index contributed by atoms with van der Waals surface area (Å²) in [5.74, 6) is 1.98. The Labute approximate surface area is 112 Å². The van der Waals surface area contributed by atoms with Crippen molar-refractivity contribution in [2.45, 2.75) is 74.7 Å². The highest BCUT2D eigenvalue weighted by molar-refractivity contribution is 4.80. The van der Waals surface area contributed by atoms with Crippen LogP contribution in [0.15, 0.2) is 0 Å². The lowest BCUT2D eigenvalue weighted by atomic mass is 9.90. The monoisotopic (exact) mass is 245 g/mol. The summed E-state index contributed by atoms with van der Waals surface area (Å²) in [6.07, 6.45) is 4.16. The molecule has 1 aliphatic rings. The van der Waals surface area contributed by atoms with E-state index < -0.39 is 0 Å². The Balaban J connectivity index is -0.000000285. The van der Waals surface area contributed by atoms with E-state index in [1.807, 2.05) is 41.5 Å². The molecule has 0 spiro atoms. The van der Waals surface area contributed by atoms with E-state index in [1.54, 1.807) is 0 Å². The van der Waals surface area contributed by atoms with Gasteiger partial charge in [0, 0.05) is 13.1 Å². The van der Waals surface area contributed by atoms with Gasteiger partial charge in [0.2, 0.25) is 0 Å². The van der Waals surface area contributed by atoms with E-state index in [9.17, 15) is 0 Å². The van der Waals surface area contributed by atoms with Crippen molar-refractivity contribution in [3.05, 3.63) is 0 Å². The molecule has 1 heterocycles. The molecule has 0 saturated carbocycles. The predicted molar refractivity (Wildman–Crippen MR) is 83.7 cm³/mol. The number of nitrogens with zero attached hydrogens (tertiary/aromatic N) is 1. The van der Waals surface area contributed by atoms with Crippen LogP contribution in [0.3, 0.4) is 0 Å². The molecule has 1 heteroatoms. The molecule has 0 bridgehead atoms. The maximum Gasteiger partial charge on any atom is 0.000985 e. The molecule has 1 fully saturated rings. The van der Waals surface area contributed by atoms with Gasteiger partial charge in [-0.05, 0) is 25.3 Å². The molecule has 17 heavy (non-hydrogen) atoms. The third-order valence-corrected chi connectivity index (χ3v) is 2.94. The molecule has 0 aliphatic carbocycles. The summed E-state index contributed by atoms with van der Waals surface area (Å²) in [5, 5.41) is 0. The van der Waals surface area contributed by atoms with Gasteiger partial charge in [-0.15, -0.1) is 0 Å². The zero-order valence-electron chi connectivity index (χ0n) is 14.1. The second-order valence-electron chi connectivity index (χ2n) is 3.94. The van der Waals surface area contributed by atoms with Gasteiger partial charge in [0.1, 0.15) is 0 Å². The van der Waals surface area contributed by atoms with Crippen molar-refractivity contribution in [1.82, 2.24) is 4.90 Å². The van der Waals surface area contributed by atoms with Crippen LogP contribution in [0.5, 0.6) is 0 Å². The molecular formula is C16H39N. The Hall–Kier alpha value is -0.0400. The summed E-state index contributed by atoms with van der Waals surface area (Å²) in [4.78, 5) is 2.48. The number of rotatable bonds is 3. The van der Waals surface area contributed by atoms with Crippen LogP contribution in [0.2, 0.25) is 0 Å². The van der Waals surface area contributed by atoms with Gasteiger partial charge >= 0.3 is 0 Å². The lowest BCUT2D eigenvalue weighted by Crippen LogP contribution is -2.13. The summed E-state index contributed by atoms with van der Waals surface area (Å²) >= 11 is 0. The maximum atomic E-state index is 2.48. The van der Waals surface area contributed by atoms with Gasteiger partial charge in [0.25, 0.3) is 0 Å². The smallest absolute Gasteiger partial charge is 0.000985 e. The quantitative estimate of drug-likeness (QED) is 0.639. The van der Waals surface area contributed by atoms with E-state index in [4.69, 9.17) is 0 Å². The van der Waals surface area contributed by atoms with Crippen LogP contribution in [0.1, 0.15) is 74.7 Å². The average Bonchev–Trinajstić information content (AvgIpc) is 2.77. The van der Waals surface area contributed by atoms with Crippen LogP contribution in [-0.2, 0) is 0 Å². The number of hydrogen-bond acceptors (Lipinski definition) is 1. The van der Waals surface area contributed by atoms with Crippen LogP contribution in [0.25, 0.3) is 0 Å². The van der Waals surface area contributed by atoms with Crippen molar-refractivity contribution in [1.29, 1.82) is 0 Å². The second-order valence-corrected chi connectivity index (χ2v) is 3.94. The highest BCUT2D eigenvalue weighted by Gasteiger charge is 2.27. The first-order chi connectivity index (χ1) is 8.27. The second kappa shape index (κ2) is 18.3. The number of hydrogen-bond donors (Lipinski definition) is 0. The maximum absolute atomic E-state index is 2.48. The molecule has 0 aromatic rings. The first-order valence-corrected chi connectivity index (χ1v) is 7.96. The van der Waals surface area contributed by atoms with Gasteiger partial charge in [-0.3, -0.25) is 0 Å². The fourth-order valence-corrected chi connectivity index (χ4v) is 2.33. The Kier molecular flexibility index (Phi) is 23.9. The minimum absolute atomic E-state index is 0.986. The highest BCUT2D eigenvalue weighted by Crippen LogP contribution is 2.28. The molecular weight excluding hydrogens is 206 g/mol. The Morgan fingerprint density at radius 2 is 1.24 bits per heavy atom. The molecule has 1 rings (SSSR count). The van der Waals surface area contributed by atoms with Crippen LogP contribution in [-0.4, -0.2) is 25.0 Å². The van der Waals surface area contributed by atoms with Crippen molar-refractivity contribution < 1.29 is 0 Å². The van der Waals surface area contributed by atoms with Gasteiger partial charge in [-0.25, -0.2) is 0 Å². The van der Waals surface area contributed by atoms with Crippen LogP contribution in [0.4, 0.5) is 0 Å². The highest BCUT2D eigenvalue weighted by atomic mass is 15.1. The van der Waals surface area contributed by atoms with Gasteiger partial charge < -0.3 is 4.90 Å². The molecule has 2 unspecified atom stereocenters. The molecule has 0 radical (unpaired) electrons. The molecule has 108 valence electrons. The van der Waals surface area contributed by atoms with E-state index in [2.05, 4.69) is 25.8 Å². The molecule has 1 saturated heterocycles. The number of likely N-dealkylation sites (tertiary alicyclic amines) is 1. The average molecular weight is 245 g/mol. The summed E-state index contributed by atoms with van der Waals surface area (Å²) in [6, 6.07) is 0. The Bertz CT molecular complexity index is 112. The SMILES string of the molecule is CC.CC.CC.CCCC1CN(C)CC1CC. The van der Waals surface area contributed by atoms with Crippen molar-refractivity contribution in [2.75, 3.05) is 20.1 Å². The third kappa shape index (κ3) is 10.8. The molecule has 0 N–H and O–H groups in total. The predicted octanol–water partition coefficient (Wildman–Crippen LogP) is 5.45. The molecule has 0 amide bonds. The first kappa shape index (κ1) is 22.2. The minimum atomic E-state index is 0.986. The molecule has 0 aromatic heterocycles. The van der Waals surface area contributed by atoms with E-state index in [-0.39, 0.29) is 0 Å². The normalized spacial score (nSPS) is 22.4. The van der Waals surface area contributed by atoms with Crippen LogP contribution in [0, 0.1) is 11.8 Å². The standard InChI is InChI=1S/C10H21N.3C2H6/c1-4-6-10-8-11(3)7-9(10)5-2;3*1-2/h9-10H,4-8H2,1-3H3;3*1-2H3. The topological polar surface area (TPSA) is 3.24 Å². The van der Waals surface area contributed by atoms with Crippen molar-refractivity contribution >= 4 is 0 Å². The third-order valence-electron chi connectivity index (χ3n) is 2.94. The Morgan fingerprint density at radius 1 is 0.824 bits per heavy atom. The molecule has 1 aliphatic heterocycles. The first-order valence-electron chi connectivity index (χ1n) is 7.96. The van der Waals surface area contributed by atoms with E-state index in [0.29, 0.717) is 0 Å². The molecule has 2 atom stereocenters. The molecule has 1 nitrogen and oxygen atoms in total. The fourth-order valence-electron chi connectivity index (χ4n) is 2.33. The van der Waals surface area contributed by atoms with Crippen LogP contribution < -0.4 is 0 Å². The zero-order chi connectivity index (χ0) is 14.3. The molecule has 0 aromatic carbocycles. The van der Waals surface area contributed by atoms with E-state index >= 15 is 0 Å².